The van der Waals surface area contributed by atoms with Crippen LogP contribution in [-0.4, -0.2) is 35.3 Å². The van der Waals surface area contributed by atoms with E-state index in [0.29, 0.717) is 6.54 Å². The monoisotopic (exact) mass is 312 g/mol. The number of carbonyl (C=O) groups is 1. The first-order valence-electron chi connectivity index (χ1n) is 5.83. The van der Waals surface area contributed by atoms with E-state index in [9.17, 15) is 13.2 Å². The lowest BCUT2D eigenvalue weighted by atomic mass is 10.3. The minimum Gasteiger partial charge on any atom is -0.432 e. The maximum Gasteiger partial charge on any atom is 0.513 e. The van der Waals surface area contributed by atoms with Gasteiger partial charge in [0.15, 0.2) is 0 Å². The molecule has 0 unspecified atom stereocenters. The molecule has 0 atom stereocenters. The summed E-state index contributed by atoms with van der Waals surface area (Å²) in [5, 5.41) is 0. The van der Waals surface area contributed by atoms with Crippen molar-refractivity contribution >= 4 is 16.3 Å². The van der Waals surface area contributed by atoms with Gasteiger partial charge in [0.25, 0.3) is 10.1 Å². The summed E-state index contributed by atoms with van der Waals surface area (Å²) in [6, 6.07) is 4.70. The minimum atomic E-state index is -4.27. The van der Waals surface area contributed by atoms with Crippen molar-refractivity contribution < 1.29 is 27.2 Å². The fourth-order valence-electron chi connectivity index (χ4n) is 1.46. The molecule has 2 aromatic rings. The molecule has 2 rings (SSSR count). The molecule has 1 aromatic heterocycles. The van der Waals surface area contributed by atoms with Gasteiger partial charge in [-0.3, -0.25) is 4.55 Å². The number of aromatic nitrogens is 2. The lowest BCUT2D eigenvalue weighted by Gasteiger charge is -2.06. The highest BCUT2D eigenvalue weighted by molar-refractivity contribution is 7.85. The van der Waals surface area contributed by atoms with E-state index < -0.39 is 16.3 Å². The molecule has 1 heterocycles. The number of carbonyl (C=O) groups excluding carboxylic acids is 1. The van der Waals surface area contributed by atoms with Gasteiger partial charge in [-0.25, -0.2) is 9.78 Å². The second-order valence-electron chi connectivity index (χ2n) is 3.95. The molecule has 0 aliphatic rings. The summed E-state index contributed by atoms with van der Waals surface area (Å²) in [6.45, 7) is 0.551. The summed E-state index contributed by atoms with van der Waals surface area (Å²) >= 11 is 0. The summed E-state index contributed by atoms with van der Waals surface area (Å²) in [5.41, 5.74) is 0. The second kappa shape index (κ2) is 6.37. The quantitative estimate of drug-likeness (QED) is 0.504. The molecule has 0 radical (unpaired) electrons. The third kappa shape index (κ3) is 4.58. The summed E-state index contributed by atoms with van der Waals surface area (Å²) in [5.74, 6) is 0.107. The zero-order chi connectivity index (χ0) is 15.3. The molecule has 0 aliphatic carbocycles. The van der Waals surface area contributed by atoms with Crippen molar-refractivity contribution in [1.82, 2.24) is 9.55 Å². The zero-order valence-electron chi connectivity index (χ0n) is 10.7. The summed E-state index contributed by atoms with van der Waals surface area (Å²) in [4.78, 5) is 14.9. The van der Waals surface area contributed by atoms with Crippen LogP contribution in [0, 0.1) is 0 Å². The highest BCUT2D eigenvalue weighted by Crippen LogP contribution is 2.16. The number of benzene rings is 1. The van der Waals surface area contributed by atoms with Crippen LogP contribution in [0.25, 0.3) is 0 Å². The van der Waals surface area contributed by atoms with Gasteiger partial charge in [-0.15, -0.1) is 0 Å². The first kappa shape index (κ1) is 15.0. The van der Waals surface area contributed by atoms with Gasteiger partial charge in [-0.05, 0) is 24.3 Å². The van der Waals surface area contributed by atoms with Crippen molar-refractivity contribution in [3.05, 3.63) is 43.0 Å². The Morgan fingerprint density at radius 1 is 1.29 bits per heavy atom. The Bertz CT molecular complexity index is 694. The van der Waals surface area contributed by atoms with E-state index in [1.54, 1.807) is 23.3 Å². The Morgan fingerprint density at radius 3 is 2.57 bits per heavy atom. The topological polar surface area (TPSA) is 108 Å². The second-order valence-corrected chi connectivity index (χ2v) is 5.37. The fourth-order valence-corrected chi connectivity index (χ4v) is 1.94. The summed E-state index contributed by atoms with van der Waals surface area (Å²) < 4.78 is 41.9. The predicted octanol–water partition coefficient (Wildman–Crippen LogP) is 1.35. The van der Waals surface area contributed by atoms with Gasteiger partial charge in [0.2, 0.25) is 0 Å². The van der Waals surface area contributed by atoms with Crippen molar-refractivity contribution in [3.8, 4) is 5.75 Å². The van der Waals surface area contributed by atoms with Crippen molar-refractivity contribution in [2.24, 2.45) is 0 Å². The Hall–Kier alpha value is -2.39. The molecule has 8 nitrogen and oxygen atoms in total. The number of rotatable bonds is 5. The Morgan fingerprint density at radius 2 is 2.00 bits per heavy atom. The third-order valence-electron chi connectivity index (χ3n) is 2.45. The van der Waals surface area contributed by atoms with Crippen LogP contribution in [0.2, 0.25) is 0 Å². The summed E-state index contributed by atoms with van der Waals surface area (Å²) in [7, 11) is -4.27. The van der Waals surface area contributed by atoms with Gasteiger partial charge in [-0.2, -0.15) is 8.42 Å². The maximum absolute atomic E-state index is 11.4. The molecule has 0 saturated carbocycles. The average Bonchev–Trinajstić information content (AvgIpc) is 2.91. The van der Waals surface area contributed by atoms with Crippen LogP contribution >= 0.6 is 0 Å². The van der Waals surface area contributed by atoms with Crippen molar-refractivity contribution in [3.63, 3.8) is 0 Å². The Labute approximate surface area is 120 Å². The zero-order valence-corrected chi connectivity index (χ0v) is 11.6. The molecule has 0 spiro atoms. The molecule has 1 N–H and O–H groups in total. The number of hydrogen-bond donors (Lipinski definition) is 1. The van der Waals surface area contributed by atoms with Crippen LogP contribution in [0.5, 0.6) is 5.75 Å². The Balaban J connectivity index is 1.82. The molecule has 1 aromatic carbocycles. The van der Waals surface area contributed by atoms with E-state index in [1.807, 2.05) is 0 Å². The lowest BCUT2D eigenvalue weighted by Crippen LogP contribution is -2.14. The highest BCUT2D eigenvalue weighted by atomic mass is 32.2. The van der Waals surface area contributed by atoms with Gasteiger partial charge in [0.05, 0.1) is 17.8 Å². The van der Waals surface area contributed by atoms with Crippen LogP contribution in [0.4, 0.5) is 4.79 Å². The first-order chi connectivity index (χ1) is 9.95. The highest BCUT2D eigenvalue weighted by Gasteiger charge is 2.11. The molecule has 0 fully saturated rings. The summed E-state index contributed by atoms with van der Waals surface area (Å²) in [6.07, 6.45) is 4.01. The number of imidazole rings is 1. The van der Waals surface area contributed by atoms with Crippen LogP contribution in [-0.2, 0) is 21.4 Å². The molecule has 0 bridgehead atoms. The van der Waals surface area contributed by atoms with Crippen molar-refractivity contribution in [2.45, 2.75) is 11.4 Å². The predicted molar refractivity (Wildman–Crippen MR) is 70.5 cm³/mol. The molecule has 9 heteroatoms. The average molecular weight is 312 g/mol. The first-order valence-corrected chi connectivity index (χ1v) is 7.27. The number of hydrogen-bond acceptors (Lipinski definition) is 6. The smallest absolute Gasteiger partial charge is 0.432 e. The fraction of sp³-hybridized carbons (Fsp3) is 0.167. The molecular weight excluding hydrogens is 300 g/mol. The SMILES string of the molecule is O=C(OCCn1ccnc1)Oc1ccc(S(=O)(=O)O)cc1. The van der Waals surface area contributed by atoms with E-state index >= 15 is 0 Å². The lowest BCUT2D eigenvalue weighted by molar-refractivity contribution is 0.0958. The normalized spacial score (nSPS) is 11.1. The van der Waals surface area contributed by atoms with Crippen molar-refractivity contribution in [2.75, 3.05) is 6.61 Å². The standard InChI is InChI=1S/C12H12N2O6S/c15-12(19-8-7-14-6-5-13-9-14)20-10-1-3-11(4-2-10)21(16,17)18/h1-6,9H,7-8H2,(H,16,17,18). The third-order valence-corrected chi connectivity index (χ3v) is 3.32. The van der Waals surface area contributed by atoms with E-state index in [1.165, 1.54) is 12.1 Å². The molecular formula is C12H12N2O6S. The largest absolute Gasteiger partial charge is 0.513 e. The van der Waals surface area contributed by atoms with Crippen LogP contribution < -0.4 is 4.74 Å². The van der Waals surface area contributed by atoms with E-state index in [0.717, 1.165) is 12.1 Å². The number of nitrogens with zero attached hydrogens (tertiary/aromatic N) is 2. The maximum atomic E-state index is 11.4. The Kier molecular flexibility index (Phi) is 4.55. The van der Waals surface area contributed by atoms with E-state index in [2.05, 4.69) is 4.98 Å². The van der Waals surface area contributed by atoms with Gasteiger partial charge in [-0.1, -0.05) is 0 Å². The van der Waals surface area contributed by atoms with Crippen LogP contribution in [0.15, 0.2) is 47.9 Å². The van der Waals surface area contributed by atoms with E-state index in [-0.39, 0.29) is 17.3 Å². The molecule has 0 saturated heterocycles. The van der Waals surface area contributed by atoms with Crippen LogP contribution in [0.1, 0.15) is 0 Å². The van der Waals surface area contributed by atoms with Gasteiger partial charge in [0, 0.05) is 12.4 Å². The molecule has 112 valence electrons. The molecule has 0 amide bonds. The van der Waals surface area contributed by atoms with Crippen LogP contribution in [0.3, 0.4) is 0 Å². The molecule has 21 heavy (non-hydrogen) atoms. The van der Waals surface area contributed by atoms with E-state index in [4.69, 9.17) is 14.0 Å². The van der Waals surface area contributed by atoms with Gasteiger partial charge < -0.3 is 14.0 Å². The molecule has 0 aliphatic heterocycles. The van der Waals surface area contributed by atoms with Gasteiger partial charge in [0.1, 0.15) is 12.4 Å². The van der Waals surface area contributed by atoms with Crippen molar-refractivity contribution in [1.29, 1.82) is 0 Å². The minimum absolute atomic E-state index is 0.107. The number of ether oxygens (including phenoxy) is 2. The van der Waals surface area contributed by atoms with Gasteiger partial charge >= 0.3 is 6.16 Å².